The number of nitrogens with zero attached hydrogens (tertiary/aromatic N) is 3. The number of aryl methyl sites for hydroxylation is 1. The van der Waals surface area contributed by atoms with Gasteiger partial charge >= 0.3 is 0 Å². The van der Waals surface area contributed by atoms with Crippen molar-refractivity contribution in [3.8, 4) is 0 Å². The molecule has 5 nitrogen and oxygen atoms in total. The molecule has 2 aromatic carbocycles. The number of halogens is 1. The van der Waals surface area contributed by atoms with Gasteiger partial charge in [-0.2, -0.15) is 5.10 Å². The molecule has 0 radical (unpaired) electrons. The molecule has 0 saturated heterocycles. The predicted octanol–water partition coefficient (Wildman–Crippen LogP) is 4.27. The van der Waals surface area contributed by atoms with E-state index in [0.29, 0.717) is 19.5 Å². The number of amides is 1. The lowest BCUT2D eigenvalue weighted by atomic mass is 9.99. The molecule has 3 heterocycles. The fraction of sp³-hybridized carbons (Fsp3) is 0.217. The third-order valence-corrected chi connectivity index (χ3v) is 5.66. The van der Waals surface area contributed by atoms with E-state index in [2.05, 4.69) is 16.1 Å². The van der Waals surface area contributed by atoms with Gasteiger partial charge in [0.05, 0.1) is 24.0 Å². The van der Waals surface area contributed by atoms with Crippen molar-refractivity contribution in [3.05, 3.63) is 88.6 Å². The summed E-state index contributed by atoms with van der Waals surface area (Å²) in [5.41, 5.74) is 5.34. The normalized spacial score (nSPS) is 13.2. The summed E-state index contributed by atoms with van der Waals surface area (Å²) in [5.74, 6) is -0.755. The maximum absolute atomic E-state index is 14.5. The molecular weight excluding hydrogens is 367 g/mol. The molecular formula is C23H21FN4O. The molecule has 4 aromatic rings. The molecule has 6 heteroatoms. The molecule has 0 atom stereocenters. The highest BCUT2D eigenvalue weighted by Gasteiger charge is 2.29. The lowest BCUT2D eigenvalue weighted by Gasteiger charge is -2.17. The van der Waals surface area contributed by atoms with Crippen LogP contribution >= 0.6 is 0 Å². The third-order valence-electron chi connectivity index (χ3n) is 5.66. The van der Waals surface area contributed by atoms with E-state index in [1.807, 2.05) is 36.0 Å². The second-order valence-electron chi connectivity index (χ2n) is 7.44. The number of carbonyl (C=O) groups excluding carboxylic acids is 1. The average molecular weight is 388 g/mol. The van der Waals surface area contributed by atoms with Gasteiger partial charge < -0.3 is 9.88 Å². The van der Waals surface area contributed by atoms with Crippen LogP contribution in [-0.2, 0) is 26.1 Å². The Balaban J connectivity index is 1.42. The topological polar surface area (TPSA) is 53.9 Å². The first kappa shape index (κ1) is 17.7. The number of carbonyl (C=O) groups is 1. The summed E-state index contributed by atoms with van der Waals surface area (Å²) >= 11 is 0. The molecule has 1 amide bonds. The molecule has 1 N–H and O–H groups in total. The zero-order valence-electron chi connectivity index (χ0n) is 16.2. The van der Waals surface area contributed by atoms with Crippen molar-refractivity contribution in [1.29, 1.82) is 0 Å². The summed E-state index contributed by atoms with van der Waals surface area (Å²) in [7, 11) is 0. The Labute approximate surface area is 167 Å². The lowest BCUT2D eigenvalue weighted by molar-refractivity contribution is 0.0743. The van der Waals surface area contributed by atoms with Crippen molar-refractivity contribution in [2.24, 2.45) is 0 Å². The van der Waals surface area contributed by atoms with E-state index in [4.69, 9.17) is 0 Å². The molecule has 29 heavy (non-hydrogen) atoms. The number of aromatic nitrogens is 3. The largest absolute Gasteiger partial charge is 0.361 e. The number of hydrogen-bond acceptors (Lipinski definition) is 2. The number of hydrogen-bond donors (Lipinski definition) is 1. The standard InChI is InChI=1S/C23H21FN4O/c1-2-28-22-14-27(13-17(22)12-26-28)23(29)19-11-15(6-7-20(19)24)10-16-4-3-5-21-18(16)8-9-25-21/h3-9,11-12,25H,2,10,13-14H2,1H3. The average Bonchev–Trinajstić information content (AvgIpc) is 3.44. The molecule has 0 spiro atoms. The molecule has 146 valence electrons. The second kappa shape index (κ2) is 6.88. The first-order chi connectivity index (χ1) is 14.1. The molecule has 1 aliphatic heterocycles. The first-order valence-corrected chi connectivity index (χ1v) is 9.80. The molecule has 0 bridgehead atoms. The van der Waals surface area contributed by atoms with Gasteiger partial charge in [-0.05, 0) is 48.7 Å². The van der Waals surface area contributed by atoms with E-state index < -0.39 is 5.82 Å². The fourth-order valence-electron chi connectivity index (χ4n) is 4.16. The molecule has 0 saturated carbocycles. The maximum atomic E-state index is 14.5. The van der Waals surface area contributed by atoms with Gasteiger partial charge in [-0.25, -0.2) is 4.39 Å². The number of aromatic amines is 1. The second-order valence-corrected chi connectivity index (χ2v) is 7.44. The van der Waals surface area contributed by atoms with Crippen LogP contribution in [0.2, 0.25) is 0 Å². The van der Waals surface area contributed by atoms with Gasteiger partial charge in [0, 0.05) is 35.8 Å². The monoisotopic (exact) mass is 388 g/mol. The van der Waals surface area contributed by atoms with Crippen LogP contribution in [0.1, 0.15) is 39.7 Å². The van der Waals surface area contributed by atoms with Crippen molar-refractivity contribution in [2.45, 2.75) is 33.0 Å². The minimum absolute atomic E-state index is 0.130. The summed E-state index contributed by atoms with van der Waals surface area (Å²) in [6.07, 6.45) is 4.35. The Kier molecular flexibility index (Phi) is 4.19. The first-order valence-electron chi connectivity index (χ1n) is 9.80. The highest BCUT2D eigenvalue weighted by Crippen LogP contribution is 2.26. The van der Waals surface area contributed by atoms with Crippen LogP contribution in [0.15, 0.2) is 54.9 Å². The van der Waals surface area contributed by atoms with Crippen molar-refractivity contribution in [3.63, 3.8) is 0 Å². The van der Waals surface area contributed by atoms with Crippen LogP contribution in [0.5, 0.6) is 0 Å². The Morgan fingerprint density at radius 3 is 2.97 bits per heavy atom. The van der Waals surface area contributed by atoms with Gasteiger partial charge in [-0.3, -0.25) is 9.48 Å². The lowest BCUT2D eigenvalue weighted by Crippen LogP contribution is -2.27. The maximum Gasteiger partial charge on any atom is 0.257 e. The molecule has 0 fully saturated rings. The van der Waals surface area contributed by atoms with E-state index in [0.717, 1.165) is 39.8 Å². The minimum Gasteiger partial charge on any atom is -0.361 e. The van der Waals surface area contributed by atoms with Gasteiger partial charge in [0.1, 0.15) is 5.82 Å². The summed E-state index contributed by atoms with van der Waals surface area (Å²) in [5, 5.41) is 5.47. The summed E-state index contributed by atoms with van der Waals surface area (Å²) in [6.45, 7) is 3.71. The smallest absolute Gasteiger partial charge is 0.257 e. The van der Waals surface area contributed by atoms with Crippen molar-refractivity contribution in [2.75, 3.05) is 0 Å². The number of H-pyrrole nitrogens is 1. The Hall–Kier alpha value is -3.41. The predicted molar refractivity (Wildman–Crippen MR) is 109 cm³/mol. The Morgan fingerprint density at radius 1 is 1.21 bits per heavy atom. The number of rotatable bonds is 4. The van der Waals surface area contributed by atoms with E-state index in [1.165, 1.54) is 6.07 Å². The van der Waals surface area contributed by atoms with Crippen LogP contribution in [-0.4, -0.2) is 25.6 Å². The minimum atomic E-state index is -0.480. The fourth-order valence-corrected chi connectivity index (χ4v) is 4.16. The Bertz CT molecular complexity index is 1220. The van der Waals surface area contributed by atoms with Gasteiger partial charge in [0.25, 0.3) is 5.91 Å². The SMILES string of the molecule is CCn1ncc2c1CN(C(=O)c1cc(Cc3cccc4[nH]ccc34)ccc1F)C2. The van der Waals surface area contributed by atoms with E-state index in [1.54, 1.807) is 23.2 Å². The van der Waals surface area contributed by atoms with Crippen LogP contribution in [0, 0.1) is 5.82 Å². The molecule has 0 unspecified atom stereocenters. The molecule has 2 aromatic heterocycles. The zero-order chi connectivity index (χ0) is 20.0. The summed E-state index contributed by atoms with van der Waals surface area (Å²) in [4.78, 5) is 18.0. The highest BCUT2D eigenvalue weighted by atomic mass is 19.1. The van der Waals surface area contributed by atoms with Gasteiger partial charge in [-0.1, -0.05) is 18.2 Å². The molecule has 1 aliphatic rings. The number of nitrogens with one attached hydrogen (secondary N) is 1. The zero-order valence-corrected chi connectivity index (χ0v) is 16.2. The number of fused-ring (bicyclic) bond motifs is 2. The molecule has 5 rings (SSSR count). The Morgan fingerprint density at radius 2 is 2.10 bits per heavy atom. The number of benzene rings is 2. The third kappa shape index (κ3) is 3.01. The van der Waals surface area contributed by atoms with E-state index in [9.17, 15) is 9.18 Å². The van der Waals surface area contributed by atoms with Gasteiger partial charge in [-0.15, -0.1) is 0 Å². The van der Waals surface area contributed by atoms with Crippen LogP contribution < -0.4 is 0 Å². The molecule has 0 aliphatic carbocycles. The quantitative estimate of drug-likeness (QED) is 0.568. The van der Waals surface area contributed by atoms with Crippen LogP contribution in [0.4, 0.5) is 4.39 Å². The summed E-state index contributed by atoms with van der Waals surface area (Å²) < 4.78 is 16.4. The van der Waals surface area contributed by atoms with E-state index in [-0.39, 0.29) is 11.5 Å². The van der Waals surface area contributed by atoms with Gasteiger partial charge in [0.2, 0.25) is 0 Å². The van der Waals surface area contributed by atoms with Crippen molar-refractivity contribution >= 4 is 16.8 Å². The van der Waals surface area contributed by atoms with E-state index >= 15 is 0 Å². The summed E-state index contributed by atoms with van der Waals surface area (Å²) in [6, 6.07) is 13.0. The van der Waals surface area contributed by atoms with Crippen molar-refractivity contribution in [1.82, 2.24) is 19.7 Å². The van der Waals surface area contributed by atoms with Crippen LogP contribution in [0.25, 0.3) is 10.9 Å². The van der Waals surface area contributed by atoms with Crippen molar-refractivity contribution < 1.29 is 9.18 Å². The van der Waals surface area contributed by atoms with Gasteiger partial charge in [0.15, 0.2) is 0 Å². The van der Waals surface area contributed by atoms with Crippen LogP contribution in [0.3, 0.4) is 0 Å². The highest BCUT2D eigenvalue weighted by molar-refractivity contribution is 5.95.